The van der Waals surface area contributed by atoms with E-state index >= 15 is 0 Å². The smallest absolute Gasteiger partial charge is 0.343 e. The van der Waals surface area contributed by atoms with Gasteiger partial charge < -0.3 is 9.15 Å². The van der Waals surface area contributed by atoms with E-state index in [2.05, 4.69) is 15.4 Å². The van der Waals surface area contributed by atoms with E-state index in [1.165, 1.54) is 6.20 Å². The largest absolute Gasteiger partial charge is 0.462 e. The number of para-hydroxylation sites is 1. The molecule has 0 aliphatic rings. The Balaban J connectivity index is 1.66. The van der Waals surface area contributed by atoms with Crippen molar-refractivity contribution in [1.29, 1.82) is 0 Å². The van der Waals surface area contributed by atoms with Crippen molar-refractivity contribution >= 4 is 51.4 Å². The van der Waals surface area contributed by atoms with Crippen LogP contribution in [-0.4, -0.2) is 32.3 Å². The molecule has 0 aliphatic heterocycles. The number of halogens is 1. The van der Waals surface area contributed by atoms with E-state index in [1.54, 1.807) is 29.8 Å². The minimum Gasteiger partial charge on any atom is -0.462 e. The Morgan fingerprint density at radius 3 is 2.82 bits per heavy atom. The van der Waals surface area contributed by atoms with Gasteiger partial charge in [-0.3, -0.25) is 5.32 Å². The van der Waals surface area contributed by atoms with Gasteiger partial charge in [0.2, 0.25) is 0 Å². The summed E-state index contributed by atoms with van der Waals surface area (Å²) in [7, 11) is 0. The molecule has 0 radical (unpaired) electrons. The molecule has 0 spiro atoms. The number of carbonyl (C=O) groups excluding carboxylic acids is 1. The molecule has 5 rings (SSSR count). The van der Waals surface area contributed by atoms with Crippen molar-refractivity contribution in [2.75, 3.05) is 11.9 Å². The van der Waals surface area contributed by atoms with Crippen molar-refractivity contribution in [3.63, 3.8) is 0 Å². The molecule has 0 saturated carbocycles. The number of aromatic nitrogens is 4. The van der Waals surface area contributed by atoms with Crippen LogP contribution in [0.1, 0.15) is 28.4 Å². The molecule has 5 aromatic rings. The number of fused-ring (bicyclic) bond motifs is 2. The van der Waals surface area contributed by atoms with Gasteiger partial charge in [-0.2, -0.15) is 14.8 Å². The zero-order chi connectivity index (χ0) is 23.1. The number of hydrogen-bond donors (Lipinski definition) is 1. The van der Waals surface area contributed by atoms with Crippen molar-refractivity contribution in [2.24, 2.45) is 0 Å². The lowest BCUT2D eigenvalue weighted by Gasteiger charge is -2.12. The number of pyridine rings is 1. The predicted octanol–water partition coefficient (Wildman–Crippen LogP) is 5.75. The minimum atomic E-state index is -0.515. The SMILES string of the molecule is CCOC(=O)c1cnn(-c2cc(C)c3cccc(C)c3n2)c1Nc1nc2cc(Cl)ccc2o1. The summed E-state index contributed by atoms with van der Waals surface area (Å²) in [5.74, 6) is 0.372. The number of anilines is 2. The van der Waals surface area contributed by atoms with E-state index in [4.69, 9.17) is 25.7 Å². The number of ether oxygens (including phenoxy) is 1. The maximum absolute atomic E-state index is 12.6. The second-order valence-corrected chi connectivity index (χ2v) is 8.00. The molecule has 0 amide bonds. The van der Waals surface area contributed by atoms with Crippen molar-refractivity contribution in [2.45, 2.75) is 20.8 Å². The molecule has 0 aliphatic carbocycles. The molecule has 8 nitrogen and oxygen atoms in total. The summed E-state index contributed by atoms with van der Waals surface area (Å²) < 4.78 is 12.6. The van der Waals surface area contributed by atoms with E-state index in [0.29, 0.717) is 27.8 Å². The number of nitrogens with one attached hydrogen (secondary N) is 1. The first-order chi connectivity index (χ1) is 15.9. The average Bonchev–Trinajstić information content (AvgIpc) is 3.38. The van der Waals surface area contributed by atoms with Crippen LogP contribution < -0.4 is 5.32 Å². The fraction of sp³-hybridized carbons (Fsp3) is 0.167. The molecule has 0 atom stereocenters. The zero-order valence-corrected chi connectivity index (χ0v) is 19.0. The normalized spacial score (nSPS) is 11.3. The summed E-state index contributed by atoms with van der Waals surface area (Å²) in [5.41, 5.74) is 4.32. The lowest BCUT2D eigenvalue weighted by molar-refractivity contribution is 0.0527. The third-order valence-electron chi connectivity index (χ3n) is 5.29. The van der Waals surface area contributed by atoms with E-state index in [9.17, 15) is 4.79 Å². The Morgan fingerprint density at radius 2 is 2.00 bits per heavy atom. The molecule has 3 aromatic heterocycles. The summed E-state index contributed by atoms with van der Waals surface area (Å²) in [6.07, 6.45) is 1.44. The fourth-order valence-electron chi connectivity index (χ4n) is 3.71. The maximum atomic E-state index is 12.6. The number of hydrogen-bond acceptors (Lipinski definition) is 7. The van der Waals surface area contributed by atoms with Gasteiger partial charge >= 0.3 is 12.0 Å². The third kappa shape index (κ3) is 3.78. The summed E-state index contributed by atoms with van der Waals surface area (Å²) in [4.78, 5) is 21.9. The topological polar surface area (TPSA) is 95.1 Å². The molecule has 0 bridgehead atoms. The van der Waals surface area contributed by atoms with Crippen LogP contribution in [0.25, 0.3) is 27.8 Å². The van der Waals surface area contributed by atoms with E-state index in [1.807, 2.05) is 38.1 Å². The monoisotopic (exact) mass is 461 g/mol. The molecule has 0 fully saturated rings. The second kappa shape index (κ2) is 8.22. The molecule has 166 valence electrons. The van der Waals surface area contributed by atoms with Gasteiger partial charge in [0, 0.05) is 10.4 Å². The molecule has 2 aromatic carbocycles. The Morgan fingerprint density at radius 1 is 1.15 bits per heavy atom. The Kier molecular flexibility index (Phi) is 5.22. The first-order valence-corrected chi connectivity index (χ1v) is 10.8. The van der Waals surface area contributed by atoms with Crippen LogP contribution in [0.15, 0.2) is 53.1 Å². The lowest BCUT2D eigenvalue weighted by Crippen LogP contribution is -2.10. The number of benzene rings is 2. The molecule has 3 heterocycles. The van der Waals surface area contributed by atoms with Crippen molar-refractivity contribution in [3.05, 3.63) is 70.4 Å². The summed E-state index contributed by atoms with van der Waals surface area (Å²) >= 11 is 6.07. The van der Waals surface area contributed by atoms with Gasteiger partial charge in [-0.25, -0.2) is 9.78 Å². The Labute approximate surface area is 194 Å². The van der Waals surface area contributed by atoms with E-state index in [0.717, 1.165) is 22.0 Å². The molecule has 0 unspecified atom stereocenters. The van der Waals surface area contributed by atoms with Gasteiger partial charge in [-0.05, 0) is 56.2 Å². The van der Waals surface area contributed by atoms with Crippen molar-refractivity contribution in [1.82, 2.24) is 19.7 Å². The highest BCUT2D eigenvalue weighted by molar-refractivity contribution is 6.31. The molecule has 33 heavy (non-hydrogen) atoms. The summed E-state index contributed by atoms with van der Waals surface area (Å²) in [6.45, 7) is 6.00. The molecular weight excluding hydrogens is 442 g/mol. The van der Waals surface area contributed by atoms with Gasteiger partial charge in [-0.1, -0.05) is 29.8 Å². The van der Waals surface area contributed by atoms with E-state index in [-0.39, 0.29) is 18.2 Å². The first kappa shape index (κ1) is 21.0. The van der Waals surface area contributed by atoms with Gasteiger partial charge in [0.1, 0.15) is 11.1 Å². The Hall–Kier alpha value is -3.91. The molecular formula is C24H20ClN5O3. The van der Waals surface area contributed by atoms with E-state index < -0.39 is 5.97 Å². The second-order valence-electron chi connectivity index (χ2n) is 7.56. The van der Waals surface area contributed by atoms with Crippen LogP contribution in [0.2, 0.25) is 5.02 Å². The van der Waals surface area contributed by atoms with Crippen LogP contribution in [0.3, 0.4) is 0 Å². The molecule has 1 N–H and O–H groups in total. The minimum absolute atomic E-state index is 0.188. The van der Waals surface area contributed by atoms with Crippen LogP contribution in [0.5, 0.6) is 0 Å². The maximum Gasteiger partial charge on any atom is 0.343 e. The van der Waals surface area contributed by atoms with Crippen molar-refractivity contribution < 1.29 is 13.9 Å². The van der Waals surface area contributed by atoms with Gasteiger partial charge in [0.05, 0.1) is 18.3 Å². The zero-order valence-electron chi connectivity index (χ0n) is 18.2. The number of carbonyl (C=O) groups is 1. The van der Waals surface area contributed by atoms with Crippen LogP contribution in [-0.2, 0) is 4.74 Å². The highest BCUT2D eigenvalue weighted by Crippen LogP contribution is 2.29. The molecule has 9 heteroatoms. The average molecular weight is 462 g/mol. The number of nitrogens with zero attached hydrogens (tertiary/aromatic N) is 4. The van der Waals surface area contributed by atoms with Crippen LogP contribution in [0.4, 0.5) is 11.8 Å². The van der Waals surface area contributed by atoms with Crippen LogP contribution >= 0.6 is 11.6 Å². The third-order valence-corrected chi connectivity index (χ3v) is 5.53. The van der Waals surface area contributed by atoms with Crippen molar-refractivity contribution in [3.8, 4) is 5.82 Å². The van der Waals surface area contributed by atoms with Crippen LogP contribution in [0, 0.1) is 13.8 Å². The predicted molar refractivity (Wildman–Crippen MR) is 127 cm³/mol. The first-order valence-electron chi connectivity index (χ1n) is 10.4. The van der Waals surface area contributed by atoms with Gasteiger partial charge in [0.25, 0.3) is 0 Å². The summed E-state index contributed by atoms with van der Waals surface area (Å²) in [5, 5.41) is 9.12. The number of aryl methyl sites for hydroxylation is 2. The summed E-state index contributed by atoms with van der Waals surface area (Å²) in [6, 6.07) is 13.3. The number of esters is 1. The van der Waals surface area contributed by atoms with Gasteiger partial charge in [0.15, 0.2) is 17.2 Å². The Bertz CT molecular complexity index is 1520. The van der Waals surface area contributed by atoms with Gasteiger partial charge in [-0.15, -0.1) is 0 Å². The standard InChI is InChI=1S/C24H20ClN5O3/c1-4-32-23(31)17-12-26-30(20-10-14(3)16-7-5-6-13(2)21(16)28-20)22(17)29-24-27-18-11-15(25)8-9-19(18)33-24/h5-12H,4H2,1-3H3,(H,27,29). The lowest BCUT2D eigenvalue weighted by atomic mass is 10.1. The quantitative estimate of drug-likeness (QED) is 0.333. The number of oxazole rings is 1. The highest BCUT2D eigenvalue weighted by Gasteiger charge is 2.23. The number of rotatable bonds is 5. The highest BCUT2D eigenvalue weighted by atomic mass is 35.5. The molecule has 0 saturated heterocycles. The fourth-order valence-corrected chi connectivity index (χ4v) is 3.87.